The average molecular weight is 342 g/mol. The van der Waals surface area contributed by atoms with Gasteiger partial charge in [0.15, 0.2) is 0 Å². The van der Waals surface area contributed by atoms with Gasteiger partial charge >= 0.3 is 0 Å². The molecule has 0 aliphatic rings. The largest absolute Gasteiger partial charge is 0.321 e. The molecule has 0 saturated carbocycles. The van der Waals surface area contributed by atoms with Gasteiger partial charge in [-0.15, -0.1) is 0 Å². The third-order valence-corrected chi connectivity index (χ3v) is 4.00. The second-order valence-corrected chi connectivity index (χ2v) is 6.86. The van der Waals surface area contributed by atoms with Crippen molar-refractivity contribution in [3.63, 3.8) is 0 Å². The summed E-state index contributed by atoms with van der Waals surface area (Å²) in [6.07, 6.45) is 3.84. The summed E-state index contributed by atoms with van der Waals surface area (Å²) in [5.41, 5.74) is 0.957. The maximum Gasteiger partial charge on any atom is 0.255 e. The first-order valence-corrected chi connectivity index (χ1v) is 9.06. The van der Waals surface area contributed by atoms with Crippen LogP contribution in [0.2, 0.25) is 0 Å². The smallest absolute Gasteiger partial charge is 0.255 e. The summed E-state index contributed by atoms with van der Waals surface area (Å²) < 4.78 is 23.6. The van der Waals surface area contributed by atoms with Crippen molar-refractivity contribution in [2.24, 2.45) is 0 Å². The number of anilines is 1. The van der Waals surface area contributed by atoms with Crippen LogP contribution >= 0.6 is 0 Å². The number of hydrogen-bond acceptors (Lipinski definition) is 3. The van der Waals surface area contributed by atoms with Crippen molar-refractivity contribution < 1.29 is 13.2 Å². The Morgan fingerprint density at radius 1 is 0.875 bits per heavy atom. The molecule has 24 heavy (non-hydrogen) atoms. The summed E-state index contributed by atoms with van der Waals surface area (Å²) in [5, 5.41) is 2.63. The van der Waals surface area contributed by atoms with Gasteiger partial charge in [-0.3, -0.25) is 8.77 Å². The number of nitrogens with zero attached hydrogens (tertiary/aromatic N) is 1. The topological polar surface area (TPSA) is 68.2 Å². The Kier molecular flexibility index (Phi) is 5.92. The van der Waals surface area contributed by atoms with Gasteiger partial charge in [-0.2, -0.15) is 0 Å². The lowest BCUT2D eigenvalue weighted by molar-refractivity contribution is 0.102. The zero-order valence-corrected chi connectivity index (χ0v) is 14.0. The summed E-state index contributed by atoms with van der Waals surface area (Å²) in [5.74, 6) is -0.276. The molecule has 6 heteroatoms. The Labute approximate surface area is 141 Å². The summed E-state index contributed by atoms with van der Waals surface area (Å²) in [7, 11) is -3.32. The van der Waals surface area contributed by atoms with Gasteiger partial charge in [0.05, 0.1) is 11.9 Å². The van der Waals surface area contributed by atoms with Gasteiger partial charge in [0.25, 0.3) is 5.91 Å². The molecule has 0 atom stereocenters. The zero-order chi connectivity index (χ0) is 17.4. The van der Waals surface area contributed by atoms with E-state index in [4.69, 9.17) is 0 Å². The highest BCUT2D eigenvalue weighted by molar-refractivity contribution is 7.89. The number of nitrogens with one attached hydrogen (secondary N) is 1. The van der Waals surface area contributed by atoms with E-state index in [1.165, 1.54) is 18.5 Å². The van der Waals surface area contributed by atoms with Crippen molar-refractivity contribution in [2.45, 2.75) is 0 Å². The fraction of sp³-hybridized carbons (Fsp3) is 0.0556. The fourth-order valence-electron chi connectivity index (χ4n) is 1.83. The number of hydrogen-bond donors (Lipinski definition) is 1. The third kappa shape index (κ3) is 5.40. The molecule has 2 aromatic carbocycles. The molecule has 3 aromatic rings. The maximum atomic E-state index is 11.8. The van der Waals surface area contributed by atoms with Crippen molar-refractivity contribution in [2.75, 3.05) is 11.6 Å². The molecular weight excluding hydrogens is 324 g/mol. The Balaban J connectivity index is 0.000000292. The first-order chi connectivity index (χ1) is 11.5. The molecular formula is C18H18N2O3S. The van der Waals surface area contributed by atoms with E-state index >= 15 is 0 Å². The molecule has 5 nitrogen and oxygen atoms in total. The van der Waals surface area contributed by atoms with Crippen LogP contribution in [0.5, 0.6) is 0 Å². The molecule has 0 unspecified atom stereocenters. The van der Waals surface area contributed by atoms with E-state index in [9.17, 15) is 13.2 Å². The molecule has 0 saturated heterocycles. The van der Waals surface area contributed by atoms with Crippen LogP contribution in [0, 0.1) is 0 Å². The zero-order valence-electron chi connectivity index (χ0n) is 13.2. The highest BCUT2D eigenvalue weighted by Gasteiger charge is 2.09. The van der Waals surface area contributed by atoms with Gasteiger partial charge in [-0.25, -0.2) is 8.42 Å². The van der Waals surface area contributed by atoms with E-state index in [2.05, 4.69) is 5.32 Å². The lowest BCUT2D eigenvalue weighted by atomic mass is 10.2. The Bertz CT molecular complexity index is 846. The molecule has 1 amide bonds. The second kappa shape index (κ2) is 8.12. The molecule has 0 spiro atoms. The number of amides is 1. The normalized spacial score (nSPS) is 10.4. The lowest BCUT2D eigenvalue weighted by Gasteiger charge is -2.02. The number of rotatable bonds is 3. The summed E-state index contributed by atoms with van der Waals surface area (Å²) in [4.78, 5) is 11.8. The van der Waals surface area contributed by atoms with Gasteiger partial charge in [-0.05, 0) is 18.2 Å². The molecule has 1 aromatic heterocycles. The monoisotopic (exact) mass is 342 g/mol. The molecule has 0 aliphatic carbocycles. The van der Waals surface area contributed by atoms with Crippen molar-refractivity contribution in [1.29, 1.82) is 0 Å². The first kappa shape index (κ1) is 17.5. The van der Waals surface area contributed by atoms with Crippen molar-refractivity contribution in [3.05, 3.63) is 90.8 Å². The third-order valence-electron chi connectivity index (χ3n) is 3.01. The average Bonchev–Trinajstić information content (AvgIpc) is 3.07. The van der Waals surface area contributed by atoms with Gasteiger partial charge in [0.2, 0.25) is 10.0 Å². The summed E-state index contributed by atoms with van der Waals surface area (Å²) in [6, 6.07) is 22.2. The van der Waals surface area contributed by atoms with Crippen LogP contribution in [0.15, 0.2) is 85.2 Å². The van der Waals surface area contributed by atoms with E-state index in [-0.39, 0.29) is 5.91 Å². The van der Waals surface area contributed by atoms with E-state index < -0.39 is 10.0 Å². The van der Waals surface area contributed by atoms with Gasteiger partial charge in [0.1, 0.15) is 0 Å². The van der Waals surface area contributed by atoms with Crippen molar-refractivity contribution in [1.82, 2.24) is 3.97 Å². The number of aromatic nitrogens is 1. The predicted molar refractivity (Wildman–Crippen MR) is 95.5 cm³/mol. The highest BCUT2D eigenvalue weighted by atomic mass is 32.2. The summed E-state index contributed by atoms with van der Waals surface area (Å²) >= 11 is 0. The predicted octanol–water partition coefficient (Wildman–Crippen LogP) is 3.23. The maximum absolute atomic E-state index is 11.8. The lowest BCUT2D eigenvalue weighted by Crippen LogP contribution is -2.11. The molecule has 0 aliphatic heterocycles. The number of benzene rings is 2. The van der Waals surface area contributed by atoms with Crippen LogP contribution < -0.4 is 5.32 Å². The molecule has 1 N–H and O–H groups in total. The minimum Gasteiger partial charge on any atom is -0.321 e. The molecule has 1 heterocycles. The summed E-state index contributed by atoms with van der Waals surface area (Å²) in [6.45, 7) is 0. The van der Waals surface area contributed by atoms with Crippen LogP contribution in [-0.2, 0) is 10.0 Å². The van der Waals surface area contributed by atoms with Crippen molar-refractivity contribution in [3.8, 4) is 0 Å². The molecule has 124 valence electrons. The van der Waals surface area contributed by atoms with E-state index in [1.54, 1.807) is 24.3 Å². The molecule has 0 fully saturated rings. The quantitative estimate of drug-likeness (QED) is 0.794. The van der Waals surface area contributed by atoms with Gasteiger partial charge in [0, 0.05) is 18.0 Å². The molecule has 0 radical (unpaired) electrons. The Morgan fingerprint density at radius 3 is 1.83 bits per heavy atom. The second-order valence-electron chi connectivity index (χ2n) is 4.97. The van der Waals surface area contributed by atoms with Crippen LogP contribution in [-0.4, -0.2) is 24.6 Å². The Hall–Kier alpha value is -2.86. The first-order valence-electron chi connectivity index (χ1n) is 7.22. The van der Waals surface area contributed by atoms with Gasteiger partial charge < -0.3 is 5.32 Å². The van der Waals surface area contributed by atoms with E-state index in [0.29, 0.717) is 11.3 Å². The standard InChI is InChI=1S/C12H12N2O3S.C6H6/c1-18(16,17)14-8-7-11(9-14)13-12(15)10-5-3-2-4-6-10;1-2-4-6-5-3-1/h2-9H,1H3,(H,13,15);1-6H. The molecule has 3 rings (SSSR count). The SMILES string of the molecule is CS(=O)(=O)n1ccc(NC(=O)c2ccccc2)c1.c1ccccc1. The van der Waals surface area contributed by atoms with Gasteiger partial charge in [-0.1, -0.05) is 54.6 Å². The number of carbonyl (C=O) groups excluding carboxylic acids is 1. The van der Waals surface area contributed by atoms with Crippen LogP contribution in [0.3, 0.4) is 0 Å². The van der Waals surface area contributed by atoms with E-state index in [0.717, 1.165) is 10.2 Å². The van der Waals surface area contributed by atoms with Crippen LogP contribution in [0.1, 0.15) is 10.4 Å². The minimum absolute atomic E-state index is 0.276. The van der Waals surface area contributed by atoms with Crippen molar-refractivity contribution >= 4 is 21.6 Å². The highest BCUT2D eigenvalue weighted by Crippen LogP contribution is 2.11. The minimum atomic E-state index is -3.32. The van der Waals surface area contributed by atoms with Crippen LogP contribution in [0.25, 0.3) is 0 Å². The van der Waals surface area contributed by atoms with Crippen LogP contribution in [0.4, 0.5) is 5.69 Å². The fourth-order valence-corrected chi connectivity index (χ4v) is 2.42. The number of carbonyl (C=O) groups is 1. The Morgan fingerprint density at radius 2 is 1.38 bits per heavy atom. The molecule has 0 bridgehead atoms. The van der Waals surface area contributed by atoms with E-state index in [1.807, 2.05) is 42.5 Å².